The predicted octanol–water partition coefficient (Wildman–Crippen LogP) is 5.49. The van der Waals surface area contributed by atoms with E-state index < -0.39 is 5.82 Å². The summed E-state index contributed by atoms with van der Waals surface area (Å²) in [6, 6.07) is 8.62. The van der Waals surface area contributed by atoms with Crippen molar-refractivity contribution in [3.63, 3.8) is 0 Å². The lowest BCUT2D eigenvalue weighted by Gasteiger charge is -2.54. The van der Waals surface area contributed by atoms with Crippen molar-refractivity contribution in [2.75, 3.05) is 19.6 Å². The molecule has 3 aliphatic rings. The summed E-state index contributed by atoms with van der Waals surface area (Å²) in [5.74, 6) is 0.228. The molecule has 1 N–H and O–H groups in total. The molecule has 3 aliphatic heterocycles. The van der Waals surface area contributed by atoms with Gasteiger partial charge in [0, 0.05) is 60.8 Å². The van der Waals surface area contributed by atoms with Crippen LogP contribution in [0, 0.1) is 17.1 Å². The third kappa shape index (κ3) is 6.33. The number of aromatic nitrogens is 2. The molecule has 216 valence electrons. The average Bonchev–Trinajstić information content (AvgIpc) is 3.61. The van der Waals surface area contributed by atoms with Crippen molar-refractivity contribution in [2.45, 2.75) is 71.0 Å². The Labute approximate surface area is 242 Å². The van der Waals surface area contributed by atoms with Crippen LogP contribution in [0.3, 0.4) is 0 Å². The summed E-state index contributed by atoms with van der Waals surface area (Å²) in [7, 11) is 0. The minimum absolute atomic E-state index is 0.0422. The monoisotopic (exact) mass is 557 g/mol. The number of hydrogen-bond donors (Lipinski definition) is 1. The number of benzene rings is 1. The Bertz CT molecular complexity index is 1390. The Balaban J connectivity index is 0.00000124. The number of hydrogen-bond acceptors (Lipinski definition) is 6. The summed E-state index contributed by atoms with van der Waals surface area (Å²) in [6.45, 7) is 14.2. The molecule has 8 nitrogen and oxygen atoms in total. The summed E-state index contributed by atoms with van der Waals surface area (Å²) < 4.78 is 15.6. The quantitative estimate of drug-likeness (QED) is 0.508. The molecule has 5 rings (SSSR count). The molecule has 2 fully saturated rings. The van der Waals surface area contributed by atoms with Gasteiger partial charge in [-0.15, -0.1) is 0 Å². The van der Waals surface area contributed by atoms with Gasteiger partial charge < -0.3 is 10.2 Å². The molecule has 0 bridgehead atoms. The third-order valence-corrected chi connectivity index (χ3v) is 7.94. The third-order valence-electron chi connectivity index (χ3n) is 7.94. The maximum absolute atomic E-state index is 13.6. The first-order valence-electron chi connectivity index (χ1n) is 14.3. The summed E-state index contributed by atoms with van der Waals surface area (Å²) in [5.41, 5.74) is 3.03. The summed E-state index contributed by atoms with van der Waals surface area (Å²) in [4.78, 5) is 21.6. The topological polar surface area (TPSA) is 89.5 Å². The normalized spacial score (nSPS) is 22.5. The van der Waals surface area contributed by atoms with Gasteiger partial charge in [0.05, 0.1) is 18.7 Å². The molecule has 0 aliphatic carbocycles. The molecule has 4 heterocycles. The van der Waals surface area contributed by atoms with Crippen LogP contribution in [-0.2, 0) is 5.54 Å². The Morgan fingerprint density at radius 1 is 1.32 bits per heavy atom. The summed E-state index contributed by atoms with van der Waals surface area (Å²) in [6.07, 6.45) is 12.5. The molecule has 1 aromatic carbocycles. The number of piperidine rings is 1. The zero-order valence-electron chi connectivity index (χ0n) is 24.5. The van der Waals surface area contributed by atoms with Crippen LogP contribution in [0.5, 0.6) is 0 Å². The van der Waals surface area contributed by atoms with Gasteiger partial charge in [-0.05, 0) is 62.7 Å². The fourth-order valence-electron chi connectivity index (χ4n) is 5.80. The highest BCUT2D eigenvalue weighted by Crippen LogP contribution is 2.37. The van der Waals surface area contributed by atoms with Gasteiger partial charge in [0.15, 0.2) is 0 Å². The van der Waals surface area contributed by atoms with E-state index in [1.807, 2.05) is 35.0 Å². The van der Waals surface area contributed by atoms with E-state index in [9.17, 15) is 14.4 Å². The summed E-state index contributed by atoms with van der Waals surface area (Å²) >= 11 is 0. The van der Waals surface area contributed by atoms with Crippen LogP contribution >= 0.6 is 0 Å². The largest absolute Gasteiger partial charge is 0.347 e. The standard InChI is InChI=1S/C29H32FN7O.C3H8/c1-4-32-27-26(8-12-33-27)21(3)23-16-34-37(17-23)29(10-11-31)18-35(19-29)25-9-13-36(20(2)14-25)28(38)22-6-5-7-24(30)15-22;1-3-2/h4-8,12,15-17,20,25H,1,9-10,13-14,18-19H2,2-3H3,(H,32,33);3H2,1-2H3/b26-21+;. The Hall–Kier alpha value is -4.03. The molecular formula is C32H40FN7O. The van der Waals surface area contributed by atoms with Crippen molar-refractivity contribution in [2.24, 2.45) is 4.99 Å². The van der Waals surface area contributed by atoms with Crippen LogP contribution in [0.1, 0.15) is 69.3 Å². The number of nitrogens with one attached hydrogen (secondary N) is 1. The first-order chi connectivity index (χ1) is 19.8. The molecule has 0 saturated carbocycles. The minimum Gasteiger partial charge on any atom is -0.347 e. The lowest BCUT2D eigenvalue weighted by molar-refractivity contribution is -0.0480. The van der Waals surface area contributed by atoms with E-state index in [0.29, 0.717) is 24.6 Å². The highest BCUT2D eigenvalue weighted by molar-refractivity contribution is 6.09. The van der Waals surface area contributed by atoms with Gasteiger partial charge in [-0.25, -0.2) is 9.38 Å². The summed E-state index contributed by atoms with van der Waals surface area (Å²) in [5, 5.41) is 17.4. The number of carbonyl (C=O) groups excluding carboxylic acids is 1. The second kappa shape index (κ2) is 13.1. The van der Waals surface area contributed by atoms with Gasteiger partial charge in [0.25, 0.3) is 5.91 Å². The number of nitrogens with zero attached hydrogens (tertiary/aromatic N) is 6. The number of carbonyl (C=O) groups is 1. The Morgan fingerprint density at radius 2 is 2.07 bits per heavy atom. The van der Waals surface area contributed by atoms with Crippen LogP contribution in [-0.4, -0.2) is 63.0 Å². The minimum atomic E-state index is -0.400. The van der Waals surface area contributed by atoms with E-state index in [4.69, 9.17) is 0 Å². The maximum Gasteiger partial charge on any atom is 0.254 e. The highest BCUT2D eigenvalue weighted by atomic mass is 19.1. The van der Waals surface area contributed by atoms with Crippen molar-refractivity contribution in [3.05, 3.63) is 84.2 Å². The zero-order chi connectivity index (χ0) is 29.6. The number of halogens is 1. The van der Waals surface area contributed by atoms with E-state index in [2.05, 4.69) is 53.7 Å². The molecule has 1 aromatic heterocycles. The molecule has 2 saturated heterocycles. The van der Waals surface area contributed by atoms with Gasteiger partial charge in [-0.1, -0.05) is 32.9 Å². The maximum atomic E-state index is 13.6. The van der Waals surface area contributed by atoms with Crippen LogP contribution < -0.4 is 5.32 Å². The van der Waals surface area contributed by atoms with E-state index in [0.717, 1.165) is 48.5 Å². The smallest absolute Gasteiger partial charge is 0.254 e. The molecule has 2 unspecified atom stereocenters. The van der Waals surface area contributed by atoms with Gasteiger partial charge in [-0.2, -0.15) is 10.4 Å². The van der Waals surface area contributed by atoms with Crippen molar-refractivity contribution in [1.29, 1.82) is 5.26 Å². The van der Waals surface area contributed by atoms with Gasteiger partial charge >= 0.3 is 0 Å². The first-order valence-corrected chi connectivity index (χ1v) is 14.3. The number of aliphatic imine (C=N–C) groups is 1. The van der Waals surface area contributed by atoms with Gasteiger partial charge in [-0.3, -0.25) is 14.4 Å². The SMILES string of the molecule is C=CNC1=NC=C/C1=C(/C)c1cnn(C2(CC#N)CN(C3CCN(C(=O)c4cccc(F)c4)C(C)C3)C2)c1.CCC. The number of allylic oxidation sites excluding steroid dienone is 1. The number of rotatable bonds is 6. The molecule has 0 radical (unpaired) electrons. The average molecular weight is 558 g/mol. The second-order valence-electron chi connectivity index (χ2n) is 11.1. The van der Waals surface area contributed by atoms with Crippen molar-refractivity contribution in [3.8, 4) is 6.07 Å². The molecular weight excluding hydrogens is 517 g/mol. The van der Waals surface area contributed by atoms with Crippen molar-refractivity contribution in [1.82, 2.24) is 24.9 Å². The van der Waals surface area contributed by atoms with Crippen molar-refractivity contribution < 1.29 is 9.18 Å². The van der Waals surface area contributed by atoms with E-state index in [1.54, 1.807) is 24.5 Å². The molecule has 0 spiro atoms. The Morgan fingerprint density at radius 3 is 2.73 bits per heavy atom. The predicted molar refractivity (Wildman–Crippen MR) is 160 cm³/mol. The lowest BCUT2D eigenvalue weighted by atomic mass is 9.83. The molecule has 2 aromatic rings. The lowest BCUT2D eigenvalue weighted by Crippen LogP contribution is -2.67. The van der Waals surface area contributed by atoms with E-state index in [-0.39, 0.29) is 17.5 Å². The van der Waals surface area contributed by atoms with Crippen LogP contribution in [0.15, 0.2) is 72.3 Å². The van der Waals surface area contributed by atoms with Crippen LogP contribution in [0.2, 0.25) is 0 Å². The second-order valence-corrected chi connectivity index (χ2v) is 11.1. The van der Waals surface area contributed by atoms with Crippen molar-refractivity contribution >= 4 is 17.3 Å². The number of amides is 1. The number of nitriles is 1. The molecule has 1 amide bonds. The number of likely N-dealkylation sites (tertiary alicyclic amines) is 2. The number of amidine groups is 1. The Kier molecular flexibility index (Phi) is 9.56. The van der Waals surface area contributed by atoms with E-state index in [1.165, 1.54) is 18.6 Å². The molecule has 2 atom stereocenters. The zero-order valence-corrected chi connectivity index (χ0v) is 24.5. The molecule has 41 heavy (non-hydrogen) atoms. The van der Waals surface area contributed by atoms with Gasteiger partial charge in [0.1, 0.15) is 17.2 Å². The molecule has 9 heteroatoms. The van der Waals surface area contributed by atoms with Gasteiger partial charge in [0.2, 0.25) is 0 Å². The first kappa shape index (κ1) is 29.9. The highest BCUT2D eigenvalue weighted by Gasteiger charge is 2.49. The fraction of sp³-hybridized carbons (Fsp3) is 0.438. The van der Waals surface area contributed by atoms with Crippen LogP contribution in [0.25, 0.3) is 5.57 Å². The fourth-order valence-corrected chi connectivity index (χ4v) is 5.80. The van der Waals surface area contributed by atoms with E-state index >= 15 is 0 Å². The van der Waals surface area contributed by atoms with Crippen LogP contribution in [0.4, 0.5) is 4.39 Å².